The minimum absolute atomic E-state index is 0.147. The van der Waals surface area contributed by atoms with Gasteiger partial charge in [-0.3, -0.25) is 9.52 Å². The highest BCUT2D eigenvalue weighted by atomic mass is 32.2. The Labute approximate surface area is 161 Å². The number of benzene rings is 2. The van der Waals surface area contributed by atoms with Crippen LogP contribution in [0.5, 0.6) is 0 Å². The molecule has 0 fully saturated rings. The topological polar surface area (TPSA) is 84.5 Å². The lowest BCUT2D eigenvalue weighted by Gasteiger charge is -2.13. The number of nitrogens with one attached hydrogen (secondary N) is 2. The normalized spacial score (nSPS) is 11.4. The van der Waals surface area contributed by atoms with E-state index in [1.54, 1.807) is 36.4 Å². The predicted octanol–water partition coefficient (Wildman–Crippen LogP) is 3.34. The molecule has 0 aliphatic heterocycles. The Hall–Kier alpha value is -2.38. The van der Waals surface area contributed by atoms with E-state index in [-0.39, 0.29) is 28.2 Å². The first kappa shape index (κ1) is 20.9. The second-order valence-electron chi connectivity index (χ2n) is 6.49. The van der Waals surface area contributed by atoms with Crippen LogP contribution in [0.2, 0.25) is 0 Å². The molecule has 0 radical (unpaired) electrons. The summed E-state index contributed by atoms with van der Waals surface area (Å²) >= 11 is 0. The number of sulfonamides is 1. The SMILES string of the molecule is Cc1ccc(S(=O)(=O)Nc2ccccc2C(=O)NCCCOC(C)C)cc1. The molecular formula is C20H26N2O4S. The van der Waals surface area contributed by atoms with Gasteiger partial charge in [0.05, 0.1) is 22.3 Å². The number of amides is 1. The van der Waals surface area contributed by atoms with Gasteiger partial charge in [-0.25, -0.2) is 8.42 Å². The minimum atomic E-state index is -3.77. The van der Waals surface area contributed by atoms with Crippen LogP contribution in [0.1, 0.15) is 36.2 Å². The smallest absolute Gasteiger partial charge is 0.261 e. The molecule has 0 aromatic heterocycles. The highest BCUT2D eigenvalue weighted by Gasteiger charge is 2.18. The maximum Gasteiger partial charge on any atom is 0.261 e. The zero-order valence-corrected chi connectivity index (χ0v) is 16.7. The molecule has 0 heterocycles. The number of carbonyl (C=O) groups is 1. The highest BCUT2D eigenvalue weighted by Crippen LogP contribution is 2.20. The summed E-state index contributed by atoms with van der Waals surface area (Å²) in [6, 6.07) is 13.1. The van der Waals surface area contributed by atoms with Crippen LogP contribution < -0.4 is 10.0 Å². The van der Waals surface area contributed by atoms with Crippen molar-refractivity contribution in [1.29, 1.82) is 0 Å². The number of ether oxygens (including phenoxy) is 1. The fraction of sp³-hybridized carbons (Fsp3) is 0.350. The molecule has 2 aromatic rings. The Morgan fingerprint density at radius 3 is 2.41 bits per heavy atom. The van der Waals surface area contributed by atoms with Crippen molar-refractivity contribution in [2.45, 2.75) is 38.2 Å². The van der Waals surface area contributed by atoms with Gasteiger partial charge >= 0.3 is 0 Å². The lowest BCUT2D eigenvalue weighted by Crippen LogP contribution is -2.27. The fourth-order valence-corrected chi connectivity index (χ4v) is 3.46. The molecular weight excluding hydrogens is 364 g/mol. The largest absolute Gasteiger partial charge is 0.379 e. The molecule has 146 valence electrons. The first-order chi connectivity index (χ1) is 12.8. The summed E-state index contributed by atoms with van der Waals surface area (Å²) in [5, 5.41) is 2.79. The van der Waals surface area contributed by atoms with Crippen molar-refractivity contribution < 1.29 is 17.9 Å². The highest BCUT2D eigenvalue weighted by molar-refractivity contribution is 7.92. The summed E-state index contributed by atoms with van der Waals surface area (Å²) in [5.41, 5.74) is 1.49. The van der Waals surface area contributed by atoms with Gasteiger partial charge in [-0.05, 0) is 51.5 Å². The summed E-state index contributed by atoms with van der Waals surface area (Å²) in [7, 11) is -3.77. The van der Waals surface area contributed by atoms with Gasteiger partial charge in [-0.15, -0.1) is 0 Å². The van der Waals surface area contributed by atoms with Crippen molar-refractivity contribution in [3.63, 3.8) is 0 Å². The number of para-hydroxylation sites is 1. The summed E-state index contributed by atoms with van der Waals surface area (Å²) < 4.78 is 33.1. The van der Waals surface area contributed by atoms with E-state index in [2.05, 4.69) is 10.0 Å². The Morgan fingerprint density at radius 1 is 1.07 bits per heavy atom. The number of anilines is 1. The van der Waals surface area contributed by atoms with Gasteiger partial charge in [0.25, 0.3) is 15.9 Å². The lowest BCUT2D eigenvalue weighted by molar-refractivity contribution is 0.0757. The third kappa shape index (κ3) is 6.37. The second kappa shape index (κ2) is 9.53. The molecule has 0 saturated carbocycles. The molecule has 0 aliphatic rings. The van der Waals surface area contributed by atoms with Crippen LogP contribution in [0.15, 0.2) is 53.4 Å². The van der Waals surface area contributed by atoms with Crippen LogP contribution in [0.4, 0.5) is 5.69 Å². The fourth-order valence-electron chi connectivity index (χ4n) is 2.38. The van der Waals surface area contributed by atoms with E-state index in [0.29, 0.717) is 19.6 Å². The average molecular weight is 391 g/mol. The standard InChI is InChI=1S/C20H26N2O4S/c1-15(2)26-14-6-13-21-20(23)18-7-4-5-8-19(18)22-27(24,25)17-11-9-16(3)10-12-17/h4-5,7-12,15,22H,6,13-14H2,1-3H3,(H,21,23). The molecule has 0 aliphatic carbocycles. The minimum Gasteiger partial charge on any atom is -0.379 e. The maximum absolute atomic E-state index is 12.6. The van der Waals surface area contributed by atoms with Crippen LogP contribution in [-0.2, 0) is 14.8 Å². The third-order valence-electron chi connectivity index (χ3n) is 3.81. The van der Waals surface area contributed by atoms with E-state index >= 15 is 0 Å². The summed E-state index contributed by atoms with van der Waals surface area (Å²) in [6.07, 6.45) is 0.832. The predicted molar refractivity (Wildman–Crippen MR) is 106 cm³/mol. The molecule has 2 N–H and O–H groups in total. The maximum atomic E-state index is 12.6. The van der Waals surface area contributed by atoms with Crippen LogP contribution in [0.3, 0.4) is 0 Å². The van der Waals surface area contributed by atoms with Crippen molar-refractivity contribution in [1.82, 2.24) is 5.32 Å². The molecule has 2 aromatic carbocycles. The first-order valence-electron chi connectivity index (χ1n) is 8.88. The van der Waals surface area contributed by atoms with Crippen LogP contribution in [-0.4, -0.2) is 33.6 Å². The Bertz CT molecular complexity index is 862. The van der Waals surface area contributed by atoms with Gasteiger partial charge < -0.3 is 10.1 Å². The second-order valence-corrected chi connectivity index (χ2v) is 8.18. The number of rotatable bonds is 9. The van der Waals surface area contributed by atoms with Gasteiger partial charge in [-0.2, -0.15) is 0 Å². The van der Waals surface area contributed by atoms with Crippen LogP contribution in [0.25, 0.3) is 0 Å². The molecule has 2 rings (SSSR count). The van der Waals surface area contributed by atoms with E-state index in [1.807, 2.05) is 20.8 Å². The molecule has 6 nitrogen and oxygen atoms in total. The molecule has 1 amide bonds. The molecule has 0 bridgehead atoms. The zero-order chi connectivity index (χ0) is 19.9. The molecule has 0 saturated heterocycles. The summed E-state index contributed by atoms with van der Waals surface area (Å²) in [4.78, 5) is 12.6. The van der Waals surface area contributed by atoms with E-state index in [0.717, 1.165) is 5.56 Å². The van der Waals surface area contributed by atoms with E-state index in [1.165, 1.54) is 12.1 Å². The first-order valence-corrected chi connectivity index (χ1v) is 10.4. The zero-order valence-electron chi connectivity index (χ0n) is 15.9. The van der Waals surface area contributed by atoms with Gasteiger partial charge in [0, 0.05) is 13.2 Å². The van der Waals surface area contributed by atoms with Gasteiger partial charge in [0.2, 0.25) is 0 Å². The summed E-state index contributed by atoms with van der Waals surface area (Å²) in [5.74, 6) is -0.332. The van der Waals surface area contributed by atoms with E-state index in [9.17, 15) is 13.2 Å². The van der Waals surface area contributed by atoms with Crippen molar-refractivity contribution in [2.75, 3.05) is 17.9 Å². The lowest BCUT2D eigenvalue weighted by atomic mass is 10.1. The van der Waals surface area contributed by atoms with Gasteiger partial charge in [0.1, 0.15) is 0 Å². The number of hydrogen-bond acceptors (Lipinski definition) is 4. The molecule has 0 atom stereocenters. The van der Waals surface area contributed by atoms with Crippen molar-refractivity contribution in [2.24, 2.45) is 0 Å². The molecule has 0 unspecified atom stereocenters. The third-order valence-corrected chi connectivity index (χ3v) is 5.19. The Morgan fingerprint density at radius 2 is 1.74 bits per heavy atom. The Balaban J connectivity index is 2.06. The molecule has 0 spiro atoms. The van der Waals surface area contributed by atoms with Gasteiger partial charge in [-0.1, -0.05) is 29.8 Å². The monoisotopic (exact) mass is 390 g/mol. The quantitative estimate of drug-likeness (QED) is 0.643. The number of aryl methyl sites for hydroxylation is 1. The van der Waals surface area contributed by atoms with Crippen molar-refractivity contribution >= 4 is 21.6 Å². The molecule has 7 heteroatoms. The van der Waals surface area contributed by atoms with E-state index < -0.39 is 10.0 Å². The van der Waals surface area contributed by atoms with Crippen LogP contribution >= 0.6 is 0 Å². The van der Waals surface area contributed by atoms with E-state index in [4.69, 9.17) is 4.74 Å². The Kier molecular flexibility index (Phi) is 7.38. The molecule has 27 heavy (non-hydrogen) atoms. The summed E-state index contributed by atoms with van der Waals surface area (Å²) in [6.45, 7) is 6.80. The van der Waals surface area contributed by atoms with Crippen molar-refractivity contribution in [3.05, 3.63) is 59.7 Å². The average Bonchev–Trinajstić information content (AvgIpc) is 2.61. The number of carbonyl (C=O) groups excluding carboxylic acids is 1. The number of hydrogen-bond donors (Lipinski definition) is 2. The van der Waals surface area contributed by atoms with Gasteiger partial charge in [0.15, 0.2) is 0 Å². The van der Waals surface area contributed by atoms with Crippen molar-refractivity contribution in [3.8, 4) is 0 Å². The van der Waals surface area contributed by atoms with Crippen LogP contribution in [0, 0.1) is 6.92 Å².